The van der Waals surface area contributed by atoms with E-state index in [1.165, 1.54) is 11.1 Å². The summed E-state index contributed by atoms with van der Waals surface area (Å²) in [7, 11) is 1.68. The number of aryl methyl sites for hydroxylation is 1. The van der Waals surface area contributed by atoms with Gasteiger partial charge in [-0.05, 0) is 61.8 Å². The average molecular weight is 291 g/mol. The SMILES string of the molecule is COc1ccc2c(c1)CCCC2CC(=O)NCCC(C)O. The highest BCUT2D eigenvalue weighted by Gasteiger charge is 2.22. The van der Waals surface area contributed by atoms with Crippen molar-refractivity contribution in [1.29, 1.82) is 0 Å². The molecule has 2 rings (SSSR count). The smallest absolute Gasteiger partial charge is 0.220 e. The van der Waals surface area contributed by atoms with E-state index in [9.17, 15) is 9.90 Å². The molecule has 0 saturated carbocycles. The van der Waals surface area contributed by atoms with Crippen LogP contribution in [0.2, 0.25) is 0 Å². The third kappa shape index (κ3) is 4.46. The van der Waals surface area contributed by atoms with E-state index in [1.54, 1.807) is 14.0 Å². The first-order valence-corrected chi connectivity index (χ1v) is 7.71. The maximum absolute atomic E-state index is 12.0. The largest absolute Gasteiger partial charge is 0.497 e. The fourth-order valence-corrected chi connectivity index (χ4v) is 2.95. The molecule has 0 heterocycles. The third-order valence-corrected chi connectivity index (χ3v) is 4.10. The van der Waals surface area contributed by atoms with E-state index < -0.39 is 0 Å². The number of amides is 1. The van der Waals surface area contributed by atoms with Gasteiger partial charge in [0.15, 0.2) is 0 Å². The van der Waals surface area contributed by atoms with Crippen LogP contribution in [-0.4, -0.2) is 30.8 Å². The van der Waals surface area contributed by atoms with Gasteiger partial charge in [0, 0.05) is 13.0 Å². The monoisotopic (exact) mass is 291 g/mol. The van der Waals surface area contributed by atoms with Crippen LogP contribution in [0.25, 0.3) is 0 Å². The Labute approximate surface area is 126 Å². The Bertz CT molecular complexity index is 485. The number of carbonyl (C=O) groups excluding carboxylic acids is 1. The topological polar surface area (TPSA) is 58.6 Å². The van der Waals surface area contributed by atoms with Crippen LogP contribution in [-0.2, 0) is 11.2 Å². The van der Waals surface area contributed by atoms with Crippen LogP contribution in [0.5, 0.6) is 5.75 Å². The molecule has 21 heavy (non-hydrogen) atoms. The van der Waals surface area contributed by atoms with Gasteiger partial charge in [0.25, 0.3) is 0 Å². The molecule has 1 aromatic rings. The predicted molar refractivity (Wildman–Crippen MR) is 82.6 cm³/mol. The Kier molecular flexibility index (Phi) is 5.62. The molecule has 2 unspecified atom stereocenters. The molecule has 1 aliphatic rings. The quantitative estimate of drug-likeness (QED) is 0.846. The summed E-state index contributed by atoms with van der Waals surface area (Å²) in [6.45, 7) is 2.27. The number of fused-ring (bicyclic) bond motifs is 1. The molecule has 1 aliphatic carbocycles. The number of carbonyl (C=O) groups is 1. The zero-order valence-electron chi connectivity index (χ0n) is 12.9. The van der Waals surface area contributed by atoms with Gasteiger partial charge in [0.05, 0.1) is 13.2 Å². The fourth-order valence-electron chi connectivity index (χ4n) is 2.95. The van der Waals surface area contributed by atoms with Gasteiger partial charge in [-0.1, -0.05) is 6.07 Å². The second kappa shape index (κ2) is 7.46. The Morgan fingerprint density at radius 2 is 2.33 bits per heavy atom. The third-order valence-electron chi connectivity index (χ3n) is 4.10. The summed E-state index contributed by atoms with van der Waals surface area (Å²) in [4.78, 5) is 12.0. The second-order valence-corrected chi connectivity index (χ2v) is 5.85. The van der Waals surface area contributed by atoms with Gasteiger partial charge in [0.1, 0.15) is 5.75 Å². The molecule has 0 saturated heterocycles. The zero-order valence-corrected chi connectivity index (χ0v) is 12.9. The Morgan fingerprint density at radius 3 is 3.05 bits per heavy atom. The molecule has 2 N–H and O–H groups in total. The lowest BCUT2D eigenvalue weighted by Crippen LogP contribution is -2.28. The number of aliphatic hydroxyl groups excluding tert-OH is 1. The summed E-state index contributed by atoms with van der Waals surface area (Å²) in [6, 6.07) is 6.16. The first kappa shape index (κ1) is 15.8. The van der Waals surface area contributed by atoms with Gasteiger partial charge in [0.2, 0.25) is 5.91 Å². The summed E-state index contributed by atoms with van der Waals surface area (Å²) >= 11 is 0. The highest BCUT2D eigenvalue weighted by Crippen LogP contribution is 2.35. The van der Waals surface area contributed by atoms with Crippen molar-refractivity contribution in [1.82, 2.24) is 5.32 Å². The summed E-state index contributed by atoms with van der Waals surface area (Å²) in [5, 5.41) is 12.1. The molecule has 1 amide bonds. The molecule has 116 valence electrons. The Hall–Kier alpha value is -1.55. The zero-order chi connectivity index (χ0) is 15.2. The average Bonchev–Trinajstić information content (AvgIpc) is 2.46. The van der Waals surface area contributed by atoms with Crippen LogP contribution in [0.4, 0.5) is 0 Å². The van der Waals surface area contributed by atoms with Crippen molar-refractivity contribution in [2.24, 2.45) is 0 Å². The molecule has 0 bridgehead atoms. The van der Waals surface area contributed by atoms with Gasteiger partial charge < -0.3 is 15.2 Å². The van der Waals surface area contributed by atoms with Gasteiger partial charge in [-0.2, -0.15) is 0 Å². The van der Waals surface area contributed by atoms with E-state index >= 15 is 0 Å². The number of nitrogens with one attached hydrogen (secondary N) is 1. The molecule has 0 aliphatic heterocycles. The van der Waals surface area contributed by atoms with Crippen LogP contribution in [0.1, 0.15) is 49.7 Å². The summed E-state index contributed by atoms with van der Waals surface area (Å²) in [5.74, 6) is 1.26. The van der Waals surface area contributed by atoms with Gasteiger partial charge >= 0.3 is 0 Å². The van der Waals surface area contributed by atoms with Crippen LogP contribution >= 0.6 is 0 Å². The predicted octanol–water partition coefficient (Wildman–Crippen LogP) is 2.39. The van der Waals surface area contributed by atoms with Crippen LogP contribution in [0, 0.1) is 0 Å². The highest BCUT2D eigenvalue weighted by molar-refractivity contribution is 5.77. The van der Waals surface area contributed by atoms with E-state index in [0.29, 0.717) is 25.3 Å². The van der Waals surface area contributed by atoms with Crippen molar-refractivity contribution in [3.05, 3.63) is 29.3 Å². The molecule has 4 heteroatoms. The first-order valence-electron chi connectivity index (χ1n) is 7.71. The number of hydrogen-bond acceptors (Lipinski definition) is 3. The Morgan fingerprint density at radius 1 is 1.52 bits per heavy atom. The molecule has 1 aromatic carbocycles. The number of ether oxygens (including phenoxy) is 1. The number of rotatable bonds is 6. The first-order chi connectivity index (χ1) is 10.1. The lowest BCUT2D eigenvalue weighted by atomic mass is 9.81. The van der Waals surface area contributed by atoms with Crippen molar-refractivity contribution in [2.45, 2.75) is 51.0 Å². The fraction of sp³-hybridized carbons (Fsp3) is 0.588. The Balaban J connectivity index is 1.95. The summed E-state index contributed by atoms with van der Waals surface area (Å²) < 4.78 is 5.27. The lowest BCUT2D eigenvalue weighted by Gasteiger charge is -2.25. The maximum Gasteiger partial charge on any atom is 0.220 e. The van der Waals surface area contributed by atoms with E-state index in [2.05, 4.69) is 17.4 Å². The van der Waals surface area contributed by atoms with E-state index in [-0.39, 0.29) is 12.0 Å². The number of methoxy groups -OCH3 is 1. The van der Waals surface area contributed by atoms with Gasteiger partial charge in [-0.3, -0.25) is 4.79 Å². The number of benzene rings is 1. The molecule has 2 atom stereocenters. The van der Waals surface area contributed by atoms with E-state index in [0.717, 1.165) is 25.0 Å². The van der Waals surface area contributed by atoms with Crippen LogP contribution in [0.3, 0.4) is 0 Å². The van der Waals surface area contributed by atoms with Crippen molar-refractivity contribution >= 4 is 5.91 Å². The second-order valence-electron chi connectivity index (χ2n) is 5.85. The van der Waals surface area contributed by atoms with Gasteiger partial charge in [-0.15, -0.1) is 0 Å². The molecule has 0 radical (unpaired) electrons. The molecule has 0 aromatic heterocycles. The minimum absolute atomic E-state index is 0.0734. The maximum atomic E-state index is 12.0. The van der Waals surface area contributed by atoms with Crippen LogP contribution in [0.15, 0.2) is 18.2 Å². The number of hydrogen-bond donors (Lipinski definition) is 2. The number of aliphatic hydroxyl groups is 1. The molecule has 4 nitrogen and oxygen atoms in total. The van der Waals surface area contributed by atoms with Gasteiger partial charge in [-0.25, -0.2) is 0 Å². The van der Waals surface area contributed by atoms with Crippen molar-refractivity contribution in [2.75, 3.05) is 13.7 Å². The molecule has 0 spiro atoms. The van der Waals surface area contributed by atoms with Crippen molar-refractivity contribution in [3.8, 4) is 5.75 Å². The molecular weight excluding hydrogens is 266 g/mol. The lowest BCUT2D eigenvalue weighted by molar-refractivity contribution is -0.121. The highest BCUT2D eigenvalue weighted by atomic mass is 16.5. The van der Waals surface area contributed by atoms with E-state index in [1.807, 2.05) is 6.07 Å². The minimum Gasteiger partial charge on any atom is -0.497 e. The van der Waals surface area contributed by atoms with Crippen molar-refractivity contribution < 1.29 is 14.6 Å². The van der Waals surface area contributed by atoms with Crippen LogP contribution < -0.4 is 10.1 Å². The molecule has 0 fully saturated rings. The van der Waals surface area contributed by atoms with E-state index in [4.69, 9.17) is 4.74 Å². The van der Waals surface area contributed by atoms with Crippen molar-refractivity contribution in [3.63, 3.8) is 0 Å². The minimum atomic E-state index is -0.367. The summed E-state index contributed by atoms with van der Waals surface area (Å²) in [6.07, 6.45) is 4.00. The summed E-state index contributed by atoms with van der Waals surface area (Å²) in [5.41, 5.74) is 2.59. The molecular formula is C17H25NO3. The standard InChI is InChI=1S/C17H25NO3/c1-12(19)8-9-18-17(20)11-14-5-3-4-13-10-15(21-2)6-7-16(13)14/h6-7,10,12,14,19H,3-5,8-9,11H2,1-2H3,(H,18,20). The normalized spacial score (nSPS) is 18.7.